The van der Waals surface area contributed by atoms with E-state index in [1.165, 1.54) is 32.2 Å². The van der Waals surface area contributed by atoms with Gasteiger partial charge >= 0.3 is 0 Å². The fraction of sp³-hybridized carbons (Fsp3) is 0.900. The van der Waals surface area contributed by atoms with E-state index in [-0.39, 0.29) is 12.5 Å². The molecule has 0 spiro atoms. The van der Waals surface area contributed by atoms with E-state index in [0.29, 0.717) is 12.0 Å². The molecule has 3 aliphatic rings. The van der Waals surface area contributed by atoms with E-state index in [2.05, 4.69) is 20.5 Å². The molecule has 27 heavy (non-hydrogen) atoms. The molecule has 0 aromatic rings. The van der Waals surface area contributed by atoms with Gasteiger partial charge < -0.3 is 25.2 Å². The number of rotatable bonds is 7. The first-order valence-corrected chi connectivity index (χ1v) is 10.6. The van der Waals surface area contributed by atoms with Crippen molar-refractivity contribution in [3.8, 4) is 0 Å². The van der Waals surface area contributed by atoms with Gasteiger partial charge in [0.2, 0.25) is 5.91 Å². The first kappa shape index (κ1) is 20.4. The fourth-order valence-corrected chi connectivity index (χ4v) is 4.29. The average Bonchev–Trinajstić information content (AvgIpc) is 3.40. The van der Waals surface area contributed by atoms with Crippen LogP contribution in [0.15, 0.2) is 4.99 Å². The molecule has 2 atom stereocenters. The van der Waals surface area contributed by atoms with Gasteiger partial charge in [-0.2, -0.15) is 0 Å². The Labute approximate surface area is 163 Å². The lowest BCUT2D eigenvalue weighted by Gasteiger charge is -2.22. The number of amides is 1. The molecule has 3 rings (SSSR count). The van der Waals surface area contributed by atoms with Crippen molar-refractivity contribution in [2.75, 3.05) is 60.0 Å². The molecule has 0 radical (unpaired) electrons. The second kappa shape index (κ2) is 10.3. The van der Waals surface area contributed by atoms with E-state index in [4.69, 9.17) is 4.74 Å². The molecule has 0 aromatic heterocycles. The van der Waals surface area contributed by atoms with Crippen molar-refractivity contribution in [1.82, 2.24) is 20.4 Å². The van der Waals surface area contributed by atoms with E-state index in [1.54, 1.807) is 19.0 Å². The molecular weight excluding hydrogens is 342 g/mol. The molecule has 2 aliphatic heterocycles. The zero-order valence-electron chi connectivity index (χ0n) is 17.1. The van der Waals surface area contributed by atoms with Gasteiger partial charge in [0.1, 0.15) is 6.54 Å². The highest BCUT2D eigenvalue weighted by molar-refractivity contribution is 5.85. The van der Waals surface area contributed by atoms with Crippen molar-refractivity contribution in [2.24, 2.45) is 16.8 Å². The highest BCUT2D eigenvalue weighted by Gasteiger charge is 2.27. The van der Waals surface area contributed by atoms with Crippen LogP contribution in [0.2, 0.25) is 0 Å². The van der Waals surface area contributed by atoms with Crippen molar-refractivity contribution < 1.29 is 9.53 Å². The number of carbonyl (C=O) groups is 1. The summed E-state index contributed by atoms with van der Waals surface area (Å²) < 4.78 is 5.46. The van der Waals surface area contributed by atoms with Gasteiger partial charge in [0, 0.05) is 58.8 Å². The summed E-state index contributed by atoms with van der Waals surface area (Å²) in [6, 6.07) is 0.409. The normalized spacial score (nSPS) is 27.3. The third kappa shape index (κ3) is 6.64. The quantitative estimate of drug-likeness (QED) is 0.508. The number of likely N-dealkylation sites (N-methyl/N-ethyl adjacent to an activating group) is 1. The van der Waals surface area contributed by atoms with Gasteiger partial charge in [-0.3, -0.25) is 4.79 Å². The Bertz CT molecular complexity index is 499. The van der Waals surface area contributed by atoms with Crippen LogP contribution in [-0.4, -0.2) is 87.7 Å². The summed E-state index contributed by atoms with van der Waals surface area (Å²) >= 11 is 0. The number of aliphatic imine (C=N–C) groups is 1. The second-order valence-electron chi connectivity index (χ2n) is 8.60. The Morgan fingerprint density at radius 3 is 2.70 bits per heavy atom. The topological polar surface area (TPSA) is 69.2 Å². The molecule has 2 unspecified atom stereocenters. The van der Waals surface area contributed by atoms with E-state index in [0.717, 1.165) is 57.6 Å². The minimum atomic E-state index is 0.0228. The van der Waals surface area contributed by atoms with Gasteiger partial charge in [-0.15, -0.1) is 0 Å². The van der Waals surface area contributed by atoms with Crippen LogP contribution in [0.3, 0.4) is 0 Å². The van der Waals surface area contributed by atoms with Crippen molar-refractivity contribution in [3.05, 3.63) is 0 Å². The third-order valence-electron chi connectivity index (χ3n) is 6.06. The van der Waals surface area contributed by atoms with Crippen LogP contribution in [0.1, 0.15) is 38.5 Å². The van der Waals surface area contributed by atoms with E-state index < -0.39 is 0 Å². The summed E-state index contributed by atoms with van der Waals surface area (Å²) in [5.74, 6) is 2.22. The summed E-state index contributed by atoms with van der Waals surface area (Å²) in [5, 5.41) is 7.02. The van der Waals surface area contributed by atoms with Crippen LogP contribution >= 0.6 is 0 Å². The average molecular weight is 380 g/mol. The maximum atomic E-state index is 11.9. The molecule has 1 aliphatic carbocycles. The molecule has 3 fully saturated rings. The molecule has 1 amide bonds. The van der Waals surface area contributed by atoms with Gasteiger partial charge in [-0.1, -0.05) is 12.8 Å². The zero-order valence-corrected chi connectivity index (χ0v) is 17.1. The minimum Gasteiger partial charge on any atom is -0.381 e. The maximum Gasteiger partial charge on any atom is 0.243 e. The zero-order chi connectivity index (χ0) is 19.1. The predicted molar refractivity (Wildman–Crippen MR) is 108 cm³/mol. The van der Waals surface area contributed by atoms with Crippen LogP contribution in [0.4, 0.5) is 0 Å². The molecule has 7 heteroatoms. The first-order chi connectivity index (χ1) is 13.1. The monoisotopic (exact) mass is 379 g/mol. The molecule has 154 valence electrons. The van der Waals surface area contributed by atoms with Crippen LogP contribution in [-0.2, 0) is 9.53 Å². The SMILES string of the molecule is CN(C)C(=O)CN=C(NCC1CCOC1)NC1CCN(CC2CCCC2)C1. The smallest absolute Gasteiger partial charge is 0.243 e. The Balaban J connectivity index is 1.48. The van der Waals surface area contributed by atoms with Crippen molar-refractivity contribution in [1.29, 1.82) is 0 Å². The van der Waals surface area contributed by atoms with Gasteiger partial charge in [0.15, 0.2) is 5.96 Å². The Hall–Kier alpha value is -1.34. The van der Waals surface area contributed by atoms with Gasteiger partial charge in [-0.25, -0.2) is 4.99 Å². The summed E-state index contributed by atoms with van der Waals surface area (Å²) in [6.07, 6.45) is 7.85. The number of hydrogen-bond donors (Lipinski definition) is 2. The molecule has 0 aromatic carbocycles. The maximum absolute atomic E-state index is 11.9. The molecular formula is C20H37N5O2. The third-order valence-corrected chi connectivity index (χ3v) is 6.06. The Morgan fingerprint density at radius 1 is 1.19 bits per heavy atom. The molecule has 2 heterocycles. The lowest BCUT2D eigenvalue weighted by Crippen LogP contribution is -2.46. The Morgan fingerprint density at radius 2 is 2.00 bits per heavy atom. The van der Waals surface area contributed by atoms with Crippen LogP contribution < -0.4 is 10.6 Å². The number of nitrogens with zero attached hydrogens (tertiary/aromatic N) is 3. The van der Waals surface area contributed by atoms with Crippen molar-refractivity contribution >= 4 is 11.9 Å². The first-order valence-electron chi connectivity index (χ1n) is 10.6. The lowest BCUT2D eigenvalue weighted by molar-refractivity contribution is -0.127. The number of carbonyl (C=O) groups excluding carboxylic acids is 1. The summed E-state index contributed by atoms with van der Waals surface area (Å²) in [7, 11) is 3.54. The number of nitrogens with one attached hydrogen (secondary N) is 2. The molecule has 0 bridgehead atoms. The summed E-state index contributed by atoms with van der Waals surface area (Å²) in [5.41, 5.74) is 0. The number of likely N-dealkylation sites (tertiary alicyclic amines) is 1. The van der Waals surface area contributed by atoms with E-state index in [1.807, 2.05) is 0 Å². The van der Waals surface area contributed by atoms with Crippen molar-refractivity contribution in [2.45, 2.75) is 44.6 Å². The lowest BCUT2D eigenvalue weighted by atomic mass is 10.1. The van der Waals surface area contributed by atoms with Crippen LogP contribution in [0, 0.1) is 11.8 Å². The molecule has 7 nitrogen and oxygen atoms in total. The van der Waals surface area contributed by atoms with Gasteiger partial charge in [0.05, 0.1) is 6.61 Å². The Kier molecular flexibility index (Phi) is 7.76. The van der Waals surface area contributed by atoms with Crippen LogP contribution in [0.5, 0.6) is 0 Å². The molecule has 2 saturated heterocycles. The van der Waals surface area contributed by atoms with E-state index in [9.17, 15) is 4.79 Å². The number of ether oxygens (including phenoxy) is 1. The van der Waals surface area contributed by atoms with Gasteiger partial charge in [-0.05, 0) is 31.6 Å². The largest absolute Gasteiger partial charge is 0.381 e. The molecule has 2 N–H and O–H groups in total. The van der Waals surface area contributed by atoms with Gasteiger partial charge in [0.25, 0.3) is 0 Å². The van der Waals surface area contributed by atoms with Crippen LogP contribution in [0.25, 0.3) is 0 Å². The number of guanidine groups is 1. The fourth-order valence-electron chi connectivity index (χ4n) is 4.29. The van der Waals surface area contributed by atoms with Crippen molar-refractivity contribution in [3.63, 3.8) is 0 Å². The standard InChI is InChI=1S/C20H37N5O2/c1-24(2)19(26)12-22-20(21-11-17-8-10-27-15-17)23-18-7-9-25(14-18)13-16-5-3-4-6-16/h16-18H,3-15H2,1-2H3,(H2,21,22,23). The minimum absolute atomic E-state index is 0.0228. The van der Waals surface area contributed by atoms with E-state index >= 15 is 0 Å². The number of hydrogen-bond acceptors (Lipinski definition) is 4. The highest BCUT2D eigenvalue weighted by atomic mass is 16.5. The molecule has 1 saturated carbocycles. The second-order valence-corrected chi connectivity index (χ2v) is 8.60. The highest BCUT2D eigenvalue weighted by Crippen LogP contribution is 2.26. The predicted octanol–water partition coefficient (Wildman–Crippen LogP) is 0.911. The summed E-state index contributed by atoms with van der Waals surface area (Å²) in [4.78, 5) is 20.7. The summed E-state index contributed by atoms with van der Waals surface area (Å²) in [6.45, 7) is 6.18.